The fourth-order valence-corrected chi connectivity index (χ4v) is 5.88. The van der Waals surface area contributed by atoms with Gasteiger partial charge in [0.25, 0.3) is 5.91 Å². The lowest BCUT2D eigenvalue weighted by Gasteiger charge is -2.24. The zero-order valence-corrected chi connectivity index (χ0v) is 20.6. The molecule has 0 radical (unpaired) electrons. The molecule has 37 heavy (non-hydrogen) atoms. The SMILES string of the molecule is CC1NC(=O)[C@@H]2CCCN2c2ccc(Nc3cnc(-c4ccnc5c4ccn5C)c4c3C(=O)NC4)nc21. The third kappa shape index (κ3) is 3.28. The minimum atomic E-state index is -0.218. The molecule has 2 amide bonds. The van der Waals surface area contributed by atoms with Crippen molar-refractivity contribution in [2.45, 2.75) is 38.4 Å². The maximum atomic E-state index is 12.9. The Morgan fingerprint density at radius 1 is 1.14 bits per heavy atom. The van der Waals surface area contributed by atoms with Gasteiger partial charge in [-0.3, -0.25) is 14.6 Å². The van der Waals surface area contributed by atoms with Crippen LogP contribution in [0.15, 0.2) is 42.9 Å². The first kappa shape index (κ1) is 21.8. The van der Waals surface area contributed by atoms with Gasteiger partial charge in [-0.1, -0.05) is 0 Å². The molecule has 10 nitrogen and oxygen atoms in total. The number of aromatic nitrogens is 4. The zero-order valence-electron chi connectivity index (χ0n) is 20.6. The molecule has 0 bridgehead atoms. The van der Waals surface area contributed by atoms with E-state index in [1.165, 1.54) is 0 Å². The Morgan fingerprint density at radius 3 is 2.92 bits per heavy atom. The van der Waals surface area contributed by atoms with Crippen molar-refractivity contribution in [3.05, 3.63) is 59.7 Å². The monoisotopic (exact) mass is 494 g/mol. The summed E-state index contributed by atoms with van der Waals surface area (Å²) >= 11 is 0. The number of rotatable bonds is 3. The summed E-state index contributed by atoms with van der Waals surface area (Å²) in [7, 11) is 1.96. The molecule has 1 fully saturated rings. The summed E-state index contributed by atoms with van der Waals surface area (Å²) in [6.07, 6.45) is 7.27. The van der Waals surface area contributed by atoms with Gasteiger partial charge in [0.1, 0.15) is 17.5 Å². The molecule has 0 aromatic carbocycles. The van der Waals surface area contributed by atoms with Gasteiger partial charge >= 0.3 is 0 Å². The molecule has 3 aliphatic heterocycles. The summed E-state index contributed by atoms with van der Waals surface area (Å²) in [6, 6.07) is 7.52. The number of hydrogen-bond donors (Lipinski definition) is 3. The van der Waals surface area contributed by atoms with Gasteiger partial charge in [-0.05, 0) is 44.0 Å². The normalized spacial score (nSPS) is 20.2. The van der Waals surface area contributed by atoms with E-state index in [1.807, 2.05) is 49.0 Å². The Morgan fingerprint density at radius 2 is 2.03 bits per heavy atom. The molecule has 7 rings (SSSR count). The molecular formula is C27H26N8O2. The number of hydrogen-bond acceptors (Lipinski definition) is 7. The van der Waals surface area contributed by atoms with Crippen molar-refractivity contribution < 1.29 is 9.59 Å². The second-order valence-corrected chi connectivity index (χ2v) is 9.89. The third-order valence-corrected chi connectivity index (χ3v) is 7.65. The van der Waals surface area contributed by atoms with Gasteiger partial charge in [0.05, 0.1) is 40.6 Å². The van der Waals surface area contributed by atoms with Crippen LogP contribution < -0.4 is 20.9 Å². The van der Waals surface area contributed by atoms with E-state index in [0.717, 1.165) is 58.6 Å². The van der Waals surface area contributed by atoms with Crippen molar-refractivity contribution in [1.82, 2.24) is 30.2 Å². The van der Waals surface area contributed by atoms with Gasteiger partial charge in [0.15, 0.2) is 0 Å². The maximum absolute atomic E-state index is 12.9. The minimum Gasteiger partial charge on any atom is -0.358 e. The molecule has 3 aliphatic rings. The number of nitrogens with zero attached hydrogens (tertiary/aromatic N) is 5. The van der Waals surface area contributed by atoms with Gasteiger partial charge in [-0.2, -0.15) is 0 Å². The van der Waals surface area contributed by atoms with E-state index < -0.39 is 0 Å². The molecule has 2 atom stereocenters. The summed E-state index contributed by atoms with van der Waals surface area (Å²) < 4.78 is 1.97. The third-order valence-electron chi connectivity index (χ3n) is 7.65. The van der Waals surface area contributed by atoms with Crippen molar-refractivity contribution in [1.29, 1.82) is 0 Å². The van der Waals surface area contributed by atoms with Crippen molar-refractivity contribution in [3.63, 3.8) is 0 Å². The molecular weight excluding hydrogens is 468 g/mol. The van der Waals surface area contributed by atoms with Gasteiger partial charge in [0, 0.05) is 49.0 Å². The molecule has 7 heterocycles. The Bertz CT molecular complexity index is 1610. The number of anilines is 3. The smallest absolute Gasteiger partial charge is 0.254 e. The molecule has 1 saturated heterocycles. The van der Waals surface area contributed by atoms with Crippen LogP contribution in [0.25, 0.3) is 22.3 Å². The van der Waals surface area contributed by atoms with E-state index in [2.05, 4.69) is 25.8 Å². The van der Waals surface area contributed by atoms with Crippen LogP contribution in [0.3, 0.4) is 0 Å². The van der Waals surface area contributed by atoms with Crippen LogP contribution in [0.4, 0.5) is 17.2 Å². The highest BCUT2D eigenvalue weighted by atomic mass is 16.2. The topological polar surface area (TPSA) is 117 Å². The van der Waals surface area contributed by atoms with E-state index in [4.69, 9.17) is 9.97 Å². The summed E-state index contributed by atoms with van der Waals surface area (Å²) in [6.45, 7) is 3.20. The Balaban J connectivity index is 1.29. The highest BCUT2D eigenvalue weighted by Crippen LogP contribution is 2.38. The van der Waals surface area contributed by atoms with E-state index in [0.29, 0.717) is 23.6 Å². The van der Waals surface area contributed by atoms with Crippen molar-refractivity contribution in [2.75, 3.05) is 16.8 Å². The first-order chi connectivity index (χ1) is 18.0. The number of aryl methyl sites for hydroxylation is 1. The predicted molar refractivity (Wildman–Crippen MR) is 140 cm³/mol. The average Bonchev–Trinajstić information content (AvgIpc) is 3.62. The molecule has 10 heteroatoms. The molecule has 4 aromatic rings. The zero-order chi connectivity index (χ0) is 25.3. The van der Waals surface area contributed by atoms with E-state index >= 15 is 0 Å². The van der Waals surface area contributed by atoms with Crippen LogP contribution in [0, 0.1) is 0 Å². The highest BCUT2D eigenvalue weighted by molar-refractivity contribution is 6.06. The number of carbonyl (C=O) groups is 2. The molecule has 4 aromatic heterocycles. The standard InChI is InChI=1S/C27H26N8O2/c1-14-23-19(35-10-3-4-20(35)26(36)31-14)5-6-21(33-23)32-18-13-29-24(17-12-30-27(37)22(17)18)15-7-9-28-25-16(15)8-11-34(25)2/h5-9,11,13-14,20H,3-4,10,12H2,1-2H3,(H,30,37)(H,31,36)(H,32,33)/t14?,20-/m0/s1. The first-order valence-corrected chi connectivity index (χ1v) is 12.5. The van der Waals surface area contributed by atoms with Crippen LogP contribution in [0.1, 0.15) is 47.4 Å². The number of nitrogens with one attached hydrogen (secondary N) is 3. The Labute approximate surface area is 213 Å². The molecule has 0 spiro atoms. The summed E-state index contributed by atoms with van der Waals surface area (Å²) in [5.74, 6) is 0.508. The number of carbonyl (C=O) groups excluding carboxylic acids is 2. The quantitative estimate of drug-likeness (QED) is 0.400. The largest absolute Gasteiger partial charge is 0.358 e. The first-order valence-electron chi connectivity index (χ1n) is 12.5. The lowest BCUT2D eigenvalue weighted by atomic mass is 10.0. The van der Waals surface area contributed by atoms with Gasteiger partial charge < -0.3 is 25.4 Å². The van der Waals surface area contributed by atoms with E-state index in [1.54, 1.807) is 12.4 Å². The van der Waals surface area contributed by atoms with E-state index in [-0.39, 0.29) is 23.9 Å². The lowest BCUT2D eigenvalue weighted by molar-refractivity contribution is -0.122. The van der Waals surface area contributed by atoms with Crippen LogP contribution in [0.2, 0.25) is 0 Å². The fourth-order valence-electron chi connectivity index (χ4n) is 5.88. The fraction of sp³-hybridized carbons (Fsp3) is 0.296. The van der Waals surface area contributed by atoms with Crippen LogP contribution in [-0.2, 0) is 18.4 Å². The second-order valence-electron chi connectivity index (χ2n) is 9.89. The van der Waals surface area contributed by atoms with Crippen molar-refractivity contribution >= 4 is 40.0 Å². The predicted octanol–water partition coefficient (Wildman–Crippen LogP) is 3.18. The van der Waals surface area contributed by atoms with Gasteiger partial charge in [-0.25, -0.2) is 9.97 Å². The summed E-state index contributed by atoms with van der Waals surface area (Å²) in [5, 5.41) is 10.4. The van der Waals surface area contributed by atoms with Gasteiger partial charge in [-0.15, -0.1) is 0 Å². The number of pyridine rings is 3. The summed E-state index contributed by atoms with van der Waals surface area (Å²) in [5.41, 5.74) is 6.40. The number of amides is 2. The molecule has 3 N–H and O–H groups in total. The summed E-state index contributed by atoms with van der Waals surface area (Å²) in [4.78, 5) is 42.0. The van der Waals surface area contributed by atoms with Gasteiger partial charge in [0.2, 0.25) is 5.91 Å². The molecule has 0 aliphatic carbocycles. The lowest BCUT2D eigenvalue weighted by Crippen LogP contribution is -2.41. The van der Waals surface area contributed by atoms with Crippen molar-refractivity contribution in [3.8, 4) is 11.3 Å². The van der Waals surface area contributed by atoms with Crippen molar-refractivity contribution in [2.24, 2.45) is 7.05 Å². The Hall–Kier alpha value is -4.47. The molecule has 1 unspecified atom stereocenters. The second kappa shape index (κ2) is 8.02. The van der Waals surface area contributed by atoms with Crippen LogP contribution in [0.5, 0.6) is 0 Å². The Kier molecular flexibility index (Phi) is 4.72. The molecule has 186 valence electrons. The van der Waals surface area contributed by atoms with Crippen LogP contribution in [-0.4, -0.2) is 43.9 Å². The van der Waals surface area contributed by atoms with E-state index in [9.17, 15) is 9.59 Å². The molecule has 0 saturated carbocycles. The van der Waals surface area contributed by atoms with Crippen LogP contribution >= 0.6 is 0 Å². The highest BCUT2D eigenvalue weighted by Gasteiger charge is 2.37. The average molecular weight is 495 g/mol. The maximum Gasteiger partial charge on any atom is 0.254 e. The number of fused-ring (bicyclic) bond motifs is 5. The minimum absolute atomic E-state index is 0.0513.